The van der Waals surface area contributed by atoms with Crippen molar-refractivity contribution in [2.24, 2.45) is 0 Å². The summed E-state index contributed by atoms with van der Waals surface area (Å²) < 4.78 is 36.9. The Morgan fingerprint density at radius 2 is 2.00 bits per heavy atom. The van der Waals surface area contributed by atoms with Crippen LogP contribution in [0.5, 0.6) is 0 Å². The van der Waals surface area contributed by atoms with Crippen LogP contribution < -0.4 is 11.2 Å². The van der Waals surface area contributed by atoms with E-state index in [4.69, 9.17) is 5.11 Å². The van der Waals surface area contributed by atoms with Crippen molar-refractivity contribution < 1.29 is 23.1 Å². The third-order valence-corrected chi connectivity index (χ3v) is 1.62. The first-order chi connectivity index (χ1) is 7.21. The third kappa shape index (κ3) is 2.49. The fraction of sp³-hybridized carbons (Fsp3) is 0.286. The second-order valence-electron chi connectivity index (χ2n) is 2.82. The van der Waals surface area contributed by atoms with Gasteiger partial charge in [-0.05, 0) is 0 Å². The molecule has 0 spiro atoms. The van der Waals surface area contributed by atoms with Crippen LogP contribution in [0.4, 0.5) is 13.2 Å². The number of carboxylic acid groups (broad SMARTS) is 1. The molecule has 16 heavy (non-hydrogen) atoms. The molecule has 0 aliphatic carbocycles. The monoisotopic (exact) mass is 238 g/mol. The van der Waals surface area contributed by atoms with Crippen molar-refractivity contribution in [1.82, 2.24) is 9.55 Å². The number of nitrogens with one attached hydrogen (secondary N) is 1. The van der Waals surface area contributed by atoms with E-state index in [0.717, 1.165) is 0 Å². The minimum atomic E-state index is -4.94. The Morgan fingerprint density at radius 1 is 1.44 bits per heavy atom. The number of hydrogen-bond acceptors (Lipinski definition) is 3. The predicted molar refractivity (Wildman–Crippen MR) is 44.0 cm³/mol. The minimum Gasteiger partial charge on any atom is -0.480 e. The summed E-state index contributed by atoms with van der Waals surface area (Å²) in [6.45, 7) is -0.960. The molecule has 0 radical (unpaired) electrons. The van der Waals surface area contributed by atoms with Gasteiger partial charge >= 0.3 is 17.8 Å². The van der Waals surface area contributed by atoms with Gasteiger partial charge in [0.1, 0.15) is 12.1 Å². The maximum absolute atomic E-state index is 12.2. The van der Waals surface area contributed by atoms with Crippen molar-refractivity contribution in [3.63, 3.8) is 0 Å². The fourth-order valence-electron chi connectivity index (χ4n) is 0.974. The summed E-state index contributed by atoms with van der Waals surface area (Å²) in [5, 5.41) is 8.32. The molecule has 2 N–H and O–H groups in total. The van der Waals surface area contributed by atoms with E-state index in [2.05, 4.69) is 0 Å². The van der Waals surface area contributed by atoms with Crippen LogP contribution in [0.2, 0.25) is 0 Å². The number of rotatable bonds is 2. The highest BCUT2D eigenvalue weighted by Gasteiger charge is 2.34. The molecule has 1 rings (SSSR count). The van der Waals surface area contributed by atoms with Gasteiger partial charge in [0.15, 0.2) is 0 Å². The van der Waals surface area contributed by atoms with Crippen LogP contribution in [0.25, 0.3) is 0 Å². The minimum absolute atomic E-state index is 0.176. The molecule has 0 saturated heterocycles. The molecule has 0 unspecified atom stereocenters. The van der Waals surface area contributed by atoms with Gasteiger partial charge < -0.3 is 5.11 Å². The van der Waals surface area contributed by atoms with Gasteiger partial charge in [-0.1, -0.05) is 0 Å². The Kier molecular flexibility index (Phi) is 2.88. The van der Waals surface area contributed by atoms with Gasteiger partial charge in [0, 0.05) is 6.20 Å². The average Bonchev–Trinajstić information content (AvgIpc) is 2.06. The number of halogens is 3. The summed E-state index contributed by atoms with van der Waals surface area (Å²) in [7, 11) is 0. The molecule has 1 aromatic heterocycles. The average molecular weight is 238 g/mol. The van der Waals surface area contributed by atoms with Gasteiger partial charge in [-0.15, -0.1) is 0 Å². The van der Waals surface area contributed by atoms with Crippen LogP contribution in [0.15, 0.2) is 15.8 Å². The molecular formula is C7H5F3N2O4. The lowest BCUT2D eigenvalue weighted by Gasteiger charge is -2.07. The maximum Gasteiger partial charge on any atom is 0.423 e. The number of hydrogen-bond donors (Lipinski definition) is 2. The van der Waals surface area contributed by atoms with Crippen LogP contribution in [0, 0.1) is 0 Å². The van der Waals surface area contributed by atoms with E-state index in [9.17, 15) is 27.6 Å². The third-order valence-electron chi connectivity index (χ3n) is 1.62. The van der Waals surface area contributed by atoms with E-state index in [1.165, 1.54) is 4.98 Å². The zero-order chi connectivity index (χ0) is 12.5. The molecule has 0 fully saturated rings. The van der Waals surface area contributed by atoms with Crippen molar-refractivity contribution in [3.05, 3.63) is 32.6 Å². The summed E-state index contributed by atoms with van der Waals surface area (Å²) in [4.78, 5) is 33.3. The topological polar surface area (TPSA) is 92.2 Å². The molecule has 1 aromatic rings. The summed E-state index contributed by atoms with van der Waals surface area (Å²) in [5.41, 5.74) is -4.42. The highest BCUT2D eigenvalue weighted by atomic mass is 19.4. The summed E-state index contributed by atoms with van der Waals surface area (Å²) in [5.74, 6) is -1.50. The lowest BCUT2D eigenvalue weighted by Crippen LogP contribution is -2.35. The Balaban J connectivity index is 3.39. The molecule has 0 aliphatic heterocycles. The van der Waals surface area contributed by atoms with Gasteiger partial charge in [0.25, 0.3) is 5.56 Å². The van der Waals surface area contributed by atoms with E-state index in [1.807, 2.05) is 0 Å². The Morgan fingerprint density at radius 3 is 2.44 bits per heavy atom. The van der Waals surface area contributed by atoms with Gasteiger partial charge in [-0.3, -0.25) is 19.1 Å². The fourth-order valence-corrected chi connectivity index (χ4v) is 0.974. The Labute approximate surface area is 85.0 Å². The highest BCUT2D eigenvalue weighted by Crippen LogP contribution is 2.25. The first kappa shape index (κ1) is 12.0. The zero-order valence-electron chi connectivity index (χ0n) is 7.54. The van der Waals surface area contributed by atoms with Gasteiger partial charge in [-0.25, -0.2) is 4.79 Å². The second-order valence-corrected chi connectivity index (χ2v) is 2.82. The lowest BCUT2D eigenvalue weighted by molar-refractivity contribution is -0.141. The molecule has 1 heterocycles. The number of H-pyrrole nitrogens is 1. The molecule has 0 aromatic carbocycles. The number of carboxylic acids is 1. The van der Waals surface area contributed by atoms with Crippen molar-refractivity contribution in [3.8, 4) is 0 Å². The SMILES string of the molecule is O=C(O)Cn1cc(C(F)(F)F)c(=O)[nH]c1=O. The normalized spacial score (nSPS) is 11.4. The first-order valence-electron chi connectivity index (χ1n) is 3.84. The Hall–Kier alpha value is -2.06. The number of nitrogens with zero attached hydrogens (tertiary/aromatic N) is 1. The lowest BCUT2D eigenvalue weighted by atomic mass is 10.3. The van der Waals surface area contributed by atoms with Gasteiger partial charge in [0.2, 0.25) is 0 Å². The van der Waals surface area contributed by atoms with Crippen molar-refractivity contribution in [2.45, 2.75) is 12.7 Å². The van der Waals surface area contributed by atoms with E-state index in [0.29, 0.717) is 0 Å². The van der Waals surface area contributed by atoms with E-state index < -0.39 is 35.5 Å². The molecule has 0 saturated carbocycles. The van der Waals surface area contributed by atoms with Crippen LogP contribution in [-0.4, -0.2) is 20.6 Å². The Bertz CT molecular complexity index is 528. The van der Waals surface area contributed by atoms with Crippen LogP contribution in [0.1, 0.15) is 5.56 Å². The first-order valence-corrected chi connectivity index (χ1v) is 3.84. The highest BCUT2D eigenvalue weighted by molar-refractivity contribution is 5.66. The molecule has 0 amide bonds. The summed E-state index contributed by atoms with van der Waals surface area (Å²) in [6, 6.07) is 0. The van der Waals surface area contributed by atoms with Crippen LogP contribution in [-0.2, 0) is 17.5 Å². The molecule has 0 atom stereocenters. The van der Waals surface area contributed by atoms with E-state index in [-0.39, 0.29) is 10.8 Å². The zero-order valence-corrected chi connectivity index (χ0v) is 7.54. The standard InChI is InChI=1S/C7H5F3N2O4/c8-7(9,10)3-1-12(2-4(13)14)6(16)11-5(3)15/h1H,2H2,(H,13,14)(H,11,15,16). The molecule has 0 aliphatic rings. The van der Waals surface area contributed by atoms with Gasteiger partial charge in [0.05, 0.1) is 0 Å². The quantitative estimate of drug-likeness (QED) is 0.735. The van der Waals surface area contributed by atoms with Gasteiger partial charge in [-0.2, -0.15) is 13.2 Å². The number of aliphatic carboxylic acids is 1. The predicted octanol–water partition coefficient (Wildman–Crippen LogP) is -0.360. The number of aromatic nitrogens is 2. The molecule has 9 heteroatoms. The van der Waals surface area contributed by atoms with Crippen LogP contribution >= 0.6 is 0 Å². The summed E-state index contributed by atoms with van der Waals surface area (Å²) in [6.07, 6.45) is -4.77. The van der Waals surface area contributed by atoms with E-state index >= 15 is 0 Å². The van der Waals surface area contributed by atoms with Crippen LogP contribution in [0.3, 0.4) is 0 Å². The van der Waals surface area contributed by atoms with Crippen molar-refractivity contribution >= 4 is 5.97 Å². The maximum atomic E-state index is 12.2. The van der Waals surface area contributed by atoms with Crippen molar-refractivity contribution in [1.29, 1.82) is 0 Å². The van der Waals surface area contributed by atoms with E-state index in [1.54, 1.807) is 0 Å². The molecule has 88 valence electrons. The number of carbonyl (C=O) groups is 1. The number of aromatic amines is 1. The summed E-state index contributed by atoms with van der Waals surface area (Å²) >= 11 is 0. The largest absolute Gasteiger partial charge is 0.480 e. The molecule has 6 nitrogen and oxygen atoms in total. The van der Waals surface area contributed by atoms with Crippen molar-refractivity contribution in [2.75, 3.05) is 0 Å². The molecular weight excluding hydrogens is 233 g/mol. The second kappa shape index (κ2) is 3.83. The molecule has 0 bridgehead atoms. The smallest absolute Gasteiger partial charge is 0.423 e. The number of alkyl halides is 3.